The molecule has 0 aliphatic carbocycles. The van der Waals surface area contributed by atoms with Gasteiger partial charge in [0.15, 0.2) is 0 Å². The molecule has 1 aromatic rings. The molecule has 4 heteroatoms. The van der Waals surface area contributed by atoms with Crippen LogP contribution in [0.4, 0.5) is 4.39 Å². The average molecular weight is 257 g/mol. The Bertz CT molecular complexity index is 384. The first-order valence-electron chi connectivity index (χ1n) is 6.00. The maximum atomic E-state index is 12.9. The Hall–Kier alpha value is -0.640. The molecule has 0 amide bonds. The first-order chi connectivity index (χ1) is 8.19. The predicted molar refractivity (Wildman–Crippen MR) is 68.7 cm³/mol. The van der Waals surface area contributed by atoms with Gasteiger partial charge >= 0.3 is 0 Å². The molecule has 1 heterocycles. The normalized spacial score (nSPS) is 21.0. The van der Waals surface area contributed by atoms with Crippen molar-refractivity contribution < 1.29 is 4.39 Å². The third-order valence-electron chi connectivity index (χ3n) is 3.27. The monoisotopic (exact) mass is 256 g/mol. The van der Waals surface area contributed by atoms with E-state index >= 15 is 0 Å². The van der Waals surface area contributed by atoms with Crippen LogP contribution in [0.5, 0.6) is 0 Å². The van der Waals surface area contributed by atoms with Crippen LogP contribution >= 0.6 is 11.6 Å². The summed E-state index contributed by atoms with van der Waals surface area (Å²) >= 11 is 6.03. The number of hydrogen-bond donors (Lipinski definition) is 1. The number of hydrogen-bond acceptors (Lipinski definition) is 2. The second-order valence-corrected chi connectivity index (χ2v) is 5.09. The lowest BCUT2D eigenvalue weighted by Gasteiger charge is -2.16. The lowest BCUT2D eigenvalue weighted by atomic mass is 10.1. The van der Waals surface area contributed by atoms with E-state index in [0.717, 1.165) is 37.7 Å². The largest absolute Gasteiger partial charge is 0.319 e. The van der Waals surface area contributed by atoms with E-state index in [2.05, 4.69) is 10.2 Å². The molecule has 0 bridgehead atoms. The van der Waals surface area contributed by atoms with Gasteiger partial charge in [0.1, 0.15) is 5.82 Å². The zero-order valence-corrected chi connectivity index (χ0v) is 10.8. The van der Waals surface area contributed by atoms with Gasteiger partial charge in [-0.1, -0.05) is 17.7 Å². The Kier molecular flexibility index (Phi) is 4.37. The topological polar surface area (TPSA) is 15.3 Å². The zero-order valence-electron chi connectivity index (χ0n) is 10.0. The number of nitrogens with zero attached hydrogens (tertiary/aromatic N) is 1. The molecule has 1 atom stereocenters. The molecule has 0 aromatic heterocycles. The summed E-state index contributed by atoms with van der Waals surface area (Å²) in [6, 6.07) is 4.64. The van der Waals surface area contributed by atoms with Crippen molar-refractivity contribution in [1.29, 1.82) is 0 Å². The molecule has 1 aliphatic heterocycles. The summed E-state index contributed by atoms with van der Waals surface area (Å²) in [5.74, 6) is 0.451. The van der Waals surface area contributed by atoms with E-state index < -0.39 is 0 Å². The number of likely N-dealkylation sites (tertiary alicyclic amines) is 1. The second kappa shape index (κ2) is 5.80. The van der Waals surface area contributed by atoms with Crippen LogP contribution < -0.4 is 5.32 Å². The first kappa shape index (κ1) is 12.8. The lowest BCUT2D eigenvalue weighted by molar-refractivity contribution is 0.315. The molecule has 1 N–H and O–H groups in total. The summed E-state index contributed by atoms with van der Waals surface area (Å²) in [7, 11) is 1.99. The minimum atomic E-state index is -0.270. The molecule has 2 rings (SSSR count). The Morgan fingerprint density at radius 1 is 1.53 bits per heavy atom. The van der Waals surface area contributed by atoms with Crippen molar-refractivity contribution >= 4 is 11.6 Å². The molecule has 2 nitrogen and oxygen atoms in total. The van der Waals surface area contributed by atoms with E-state index in [0.29, 0.717) is 5.02 Å². The highest BCUT2D eigenvalue weighted by atomic mass is 35.5. The molecule has 0 radical (unpaired) electrons. The standard InChI is InChI=1S/C13H18ClFN2/c1-16-7-10-4-5-17(8-10)9-11-2-3-12(15)6-13(11)14/h2-3,6,10,16H,4-5,7-9H2,1H3. The van der Waals surface area contributed by atoms with Crippen molar-refractivity contribution in [2.75, 3.05) is 26.7 Å². The minimum Gasteiger partial charge on any atom is -0.319 e. The molecule has 1 saturated heterocycles. The van der Waals surface area contributed by atoms with Gasteiger partial charge in [0.2, 0.25) is 0 Å². The van der Waals surface area contributed by atoms with Gasteiger partial charge in [0, 0.05) is 18.1 Å². The summed E-state index contributed by atoms with van der Waals surface area (Å²) in [5.41, 5.74) is 1.01. The Labute approximate surface area is 107 Å². The molecule has 17 heavy (non-hydrogen) atoms. The molecule has 1 unspecified atom stereocenters. The molecule has 94 valence electrons. The first-order valence-corrected chi connectivity index (χ1v) is 6.37. The summed E-state index contributed by atoms with van der Waals surface area (Å²) in [6.45, 7) is 4.07. The number of rotatable bonds is 4. The fourth-order valence-corrected chi connectivity index (χ4v) is 2.63. The van der Waals surface area contributed by atoms with Crippen molar-refractivity contribution in [2.45, 2.75) is 13.0 Å². The summed E-state index contributed by atoms with van der Waals surface area (Å²) in [4.78, 5) is 2.38. The Balaban J connectivity index is 1.93. The quantitative estimate of drug-likeness (QED) is 0.891. The highest BCUT2D eigenvalue weighted by Gasteiger charge is 2.22. The molecule has 0 spiro atoms. The van der Waals surface area contributed by atoms with E-state index in [9.17, 15) is 4.39 Å². The van der Waals surface area contributed by atoms with Crippen molar-refractivity contribution in [1.82, 2.24) is 10.2 Å². The fraction of sp³-hybridized carbons (Fsp3) is 0.538. The highest BCUT2D eigenvalue weighted by Crippen LogP contribution is 2.22. The smallest absolute Gasteiger partial charge is 0.124 e. The van der Waals surface area contributed by atoms with Crippen molar-refractivity contribution in [3.8, 4) is 0 Å². The van der Waals surface area contributed by atoms with E-state index in [1.807, 2.05) is 7.05 Å². The SMILES string of the molecule is CNCC1CCN(Cc2ccc(F)cc2Cl)C1. The van der Waals surface area contributed by atoms with Gasteiger partial charge in [-0.25, -0.2) is 4.39 Å². The van der Waals surface area contributed by atoms with Crippen LogP contribution in [0.2, 0.25) is 5.02 Å². The van der Waals surface area contributed by atoms with Crippen molar-refractivity contribution in [2.24, 2.45) is 5.92 Å². The van der Waals surface area contributed by atoms with Crippen LogP contribution in [0.3, 0.4) is 0 Å². The number of nitrogens with one attached hydrogen (secondary N) is 1. The lowest BCUT2D eigenvalue weighted by Crippen LogP contribution is -2.24. The van der Waals surface area contributed by atoms with E-state index in [1.54, 1.807) is 6.07 Å². The van der Waals surface area contributed by atoms with Crippen LogP contribution in [0, 0.1) is 11.7 Å². The Morgan fingerprint density at radius 2 is 2.35 bits per heavy atom. The summed E-state index contributed by atoms with van der Waals surface area (Å²) < 4.78 is 12.9. The number of benzene rings is 1. The van der Waals surface area contributed by atoms with E-state index in [4.69, 9.17) is 11.6 Å². The van der Waals surface area contributed by atoms with E-state index in [1.165, 1.54) is 18.6 Å². The van der Waals surface area contributed by atoms with Crippen LogP contribution in [0.1, 0.15) is 12.0 Å². The van der Waals surface area contributed by atoms with Crippen LogP contribution in [0.15, 0.2) is 18.2 Å². The van der Waals surface area contributed by atoms with Gasteiger partial charge in [0.25, 0.3) is 0 Å². The minimum absolute atomic E-state index is 0.270. The summed E-state index contributed by atoms with van der Waals surface area (Å²) in [5, 5.41) is 3.74. The highest BCUT2D eigenvalue weighted by molar-refractivity contribution is 6.31. The molecule has 1 aromatic carbocycles. The van der Waals surface area contributed by atoms with Crippen LogP contribution in [0.25, 0.3) is 0 Å². The van der Waals surface area contributed by atoms with Gasteiger partial charge in [-0.15, -0.1) is 0 Å². The molecule has 0 saturated carbocycles. The molecular weight excluding hydrogens is 239 g/mol. The van der Waals surface area contributed by atoms with Crippen LogP contribution in [-0.4, -0.2) is 31.6 Å². The molecule has 1 aliphatic rings. The second-order valence-electron chi connectivity index (χ2n) is 4.68. The predicted octanol–water partition coefficient (Wildman–Crippen LogP) is 2.52. The molecular formula is C13H18ClFN2. The van der Waals surface area contributed by atoms with E-state index in [-0.39, 0.29) is 5.82 Å². The van der Waals surface area contributed by atoms with Gasteiger partial charge in [-0.2, -0.15) is 0 Å². The third kappa shape index (κ3) is 3.41. The Morgan fingerprint density at radius 3 is 3.06 bits per heavy atom. The fourth-order valence-electron chi connectivity index (χ4n) is 2.40. The van der Waals surface area contributed by atoms with Gasteiger partial charge in [-0.05, 0) is 50.2 Å². The maximum Gasteiger partial charge on any atom is 0.124 e. The zero-order chi connectivity index (χ0) is 12.3. The van der Waals surface area contributed by atoms with Gasteiger partial charge in [-0.3, -0.25) is 4.90 Å². The summed E-state index contributed by atoms with van der Waals surface area (Å²) in [6.07, 6.45) is 1.22. The number of halogens is 2. The van der Waals surface area contributed by atoms with Crippen molar-refractivity contribution in [3.63, 3.8) is 0 Å². The average Bonchev–Trinajstić information content (AvgIpc) is 2.71. The van der Waals surface area contributed by atoms with Gasteiger partial charge in [0.05, 0.1) is 0 Å². The third-order valence-corrected chi connectivity index (χ3v) is 3.62. The molecule has 1 fully saturated rings. The van der Waals surface area contributed by atoms with Gasteiger partial charge < -0.3 is 5.32 Å². The van der Waals surface area contributed by atoms with Crippen LogP contribution in [-0.2, 0) is 6.54 Å². The maximum absolute atomic E-state index is 12.9. The van der Waals surface area contributed by atoms with Crippen molar-refractivity contribution in [3.05, 3.63) is 34.6 Å².